The average Bonchev–Trinajstić information content (AvgIpc) is 3.03. The lowest BCUT2D eigenvalue weighted by atomic mass is 10.1. The van der Waals surface area contributed by atoms with E-state index in [2.05, 4.69) is 11.2 Å². The maximum Gasteiger partial charge on any atom is 0.198 e. The molecule has 3 rings (SSSR count). The molecule has 3 nitrogen and oxygen atoms in total. The monoisotopic (exact) mass is 339 g/mol. The molecule has 1 heterocycles. The van der Waals surface area contributed by atoms with E-state index in [1.807, 2.05) is 24.3 Å². The topological polar surface area (TPSA) is 56.0 Å². The largest absolute Gasteiger partial charge is 0.399 e. The summed E-state index contributed by atoms with van der Waals surface area (Å²) in [6, 6.07) is 14.6. The molecule has 2 N–H and O–H groups in total. The Morgan fingerprint density at radius 2 is 2.00 bits per heavy atom. The Balaban J connectivity index is 1.77. The molecule has 0 bridgehead atoms. The average molecular weight is 340 g/mol. The van der Waals surface area contributed by atoms with Gasteiger partial charge < -0.3 is 5.73 Å². The number of thiazole rings is 1. The van der Waals surface area contributed by atoms with Crippen molar-refractivity contribution in [2.45, 2.75) is 0 Å². The number of benzene rings is 2. The molecule has 1 radical (unpaired) electrons. The molecule has 113 valence electrons. The van der Waals surface area contributed by atoms with E-state index < -0.39 is 0 Å². The number of anilines is 1. The van der Waals surface area contributed by atoms with Gasteiger partial charge >= 0.3 is 0 Å². The van der Waals surface area contributed by atoms with Crippen LogP contribution in [-0.4, -0.2) is 10.8 Å². The third-order valence-corrected chi connectivity index (χ3v) is 4.38. The van der Waals surface area contributed by atoms with Gasteiger partial charge in [0.1, 0.15) is 16.1 Å². The van der Waals surface area contributed by atoms with Gasteiger partial charge in [0.25, 0.3) is 0 Å². The number of nitrogens with two attached hydrogens (primary N) is 1. The molecule has 0 aliphatic carbocycles. The number of nitrogen functional groups attached to an aromatic ring is 1. The third kappa shape index (κ3) is 3.86. The highest BCUT2D eigenvalue weighted by molar-refractivity contribution is 7.17. The fourth-order valence-electron chi connectivity index (χ4n) is 1.98. The van der Waals surface area contributed by atoms with Crippen LogP contribution in [0.4, 0.5) is 5.69 Å². The van der Waals surface area contributed by atoms with Crippen LogP contribution in [0.3, 0.4) is 0 Å². The summed E-state index contributed by atoms with van der Waals surface area (Å²) in [6.07, 6.45) is 6.01. The smallest absolute Gasteiger partial charge is 0.198 e. The summed E-state index contributed by atoms with van der Waals surface area (Å²) < 4.78 is 0. The number of aromatic nitrogens is 1. The first kappa shape index (κ1) is 15.5. The van der Waals surface area contributed by atoms with Crippen molar-refractivity contribution in [2.24, 2.45) is 0 Å². The molecule has 0 aliphatic heterocycles. The van der Waals surface area contributed by atoms with Gasteiger partial charge in [-0.2, -0.15) is 0 Å². The fraction of sp³-hybridized carbons (Fsp3) is 0. The van der Waals surface area contributed by atoms with Gasteiger partial charge in [-0.25, -0.2) is 4.98 Å². The zero-order chi connectivity index (χ0) is 16.2. The minimum atomic E-state index is -0.134. The molecule has 0 atom stereocenters. The van der Waals surface area contributed by atoms with Gasteiger partial charge in [-0.1, -0.05) is 41.9 Å². The van der Waals surface area contributed by atoms with Gasteiger partial charge in [0, 0.05) is 16.3 Å². The molecule has 5 heteroatoms. The van der Waals surface area contributed by atoms with Gasteiger partial charge in [0.2, 0.25) is 0 Å². The Bertz CT molecular complexity index is 869. The first-order valence-electron chi connectivity index (χ1n) is 6.84. The lowest BCUT2D eigenvalue weighted by molar-refractivity contribution is 0.105. The number of nitrogens with zero attached hydrogens (tertiary/aromatic N) is 1. The summed E-state index contributed by atoms with van der Waals surface area (Å²) in [7, 11) is 0. The van der Waals surface area contributed by atoms with E-state index in [4.69, 9.17) is 17.3 Å². The predicted octanol–water partition coefficient (Wildman–Crippen LogP) is 4.74. The Morgan fingerprint density at radius 1 is 1.22 bits per heavy atom. The summed E-state index contributed by atoms with van der Waals surface area (Å²) in [5.41, 5.74) is 8.16. The van der Waals surface area contributed by atoms with Crippen molar-refractivity contribution in [1.29, 1.82) is 0 Å². The number of carbonyl (C=O) groups is 1. The fourth-order valence-corrected chi connectivity index (χ4v) is 2.90. The maximum absolute atomic E-state index is 12.2. The number of allylic oxidation sites excluding steroid dienone is 1. The second-order valence-electron chi connectivity index (χ2n) is 4.83. The lowest BCUT2D eigenvalue weighted by Gasteiger charge is -1.95. The minimum Gasteiger partial charge on any atom is -0.399 e. The van der Waals surface area contributed by atoms with Crippen molar-refractivity contribution < 1.29 is 4.79 Å². The Morgan fingerprint density at radius 3 is 2.74 bits per heavy atom. The number of halogens is 1. The van der Waals surface area contributed by atoms with E-state index in [9.17, 15) is 4.79 Å². The van der Waals surface area contributed by atoms with E-state index in [1.165, 1.54) is 17.4 Å². The first-order valence-corrected chi connectivity index (χ1v) is 8.04. The zero-order valence-corrected chi connectivity index (χ0v) is 13.6. The van der Waals surface area contributed by atoms with Crippen molar-refractivity contribution in [3.8, 4) is 10.6 Å². The molecule has 0 unspecified atom stereocenters. The van der Waals surface area contributed by atoms with Crippen molar-refractivity contribution >= 4 is 40.5 Å². The molecule has 0 amide bonds. The van der Waals surface area contributed by atoms with Crippen LogP contribution in [0.1, 0.15) is 15.2 Å². The van der Waals surface area contributed by atoms with Crippen LogP contribution in [0.2, 0.25) is 5.02 Å². The summed E-state index contributed by atoms with van der Waals surface area (Å²) in [6.45, 7) is 0. The van der Waals surface area contributed by atoms with E-state index in [-0.39, 0.29) is 5.78 Å². The molecular formula is C18H12ClN2OS. The van der Waals surface area contributed by atoms with Crippen molar-refractivity contribution in [3.05, 3.63) is 76.3 Å². The molecule has 23 heavy (non-hydrogen) atoms. The second kappa shape index (κ2) is 6.77. The molecule has 0 saturated heterocycles. The number of hydrogen-bond donors (Lipinski definition) is 1. The highest BCUT2D eigenvalue weighted by Gasteiger charge is 2.10. The van der Waals surface area contributed by atoms with E-state index in [0.717, 1.165) is 16.1 Å². The zero-order valence-electron chi connectivity index (χ0n) is 12.0. The number of ketones is 1. The SMILES string of the molecule is Nc1cccc(C=CC(=O)c2[c]nc(-c3ccc(Cl)cc3)s2)c1. The molecule has 0 aliphatic rings. The summed E-state index contributed by atoms with van der Waals surface area (Å²) in [4.78, 5) is 16.9. The third-order valence-electron chi connectivity index (χ3n) is 3.11. The quantitative estimate of drug-likeness (QED) is 0.424. The molecule has 1 aromatic heterocycles. The molecular weight excluding hydrogens is 328 g/mol. The number of hydrogen-bond acceptors (Lipinski definition) is 4. The van der Waals surface area contributed by atoms with Crippen LogP contribution in [0, 0.1) is 6.20 Å². The highest BCUT2D eigenvalue weighted by Crippen LogP contribution is 2.26. The Kier molecular flexibility index (Phi) is 4.55. The van der Waals surface area contributed by atoms with Gasteiger partial charge in [-0.3, -0.25) is 4.79 Å². The van der Waals surface area contributed by atoms with Crippen LogP contribution in [0.25, 0.3) is 16.6 Å². The maximum atomic E-state index is 12.2. The van der Waals surface area contributed by atoms with E-state index >= 15 is 0 Å². The molecule has 3 aromatic rings. The van der Waals surface area contributed by atoms with Crippen LogP contribution in [-0.2, 0) is 0 Å². The second-order valence-corrected chi connectivity index (χ2v) is 6.27. The Hall–Kier alpha value is -2.43. The van der Waals surface area contributed by atoms with E-state index in [0.29, 0.717) is 15.6 Å². The lowest BCUT2D eigenvalue weighted by Crippen LogP contribution is -1.90. The first-order chi connectivity index (χ1) is 11.1. The van der Waals surface area contributed by atoms with Crippen molar-refractivity contribution in [3.63, 3.8) is 0 Å². The molecule has 2 aromatic carbocycles. The number of rotatable bonds is 4. The highest BCUT2D eigenvalue weighted by atomic mass is 35.5. The van der Waals surface area contributed by atoms with Crippen LogP contribution in [0.15, 0.2) is 54.6 Å². The Labute approximate surface area is 143 Å². The summed E-state index contributed by atoms with van der Waals surface area (Å²) in [5, 5.41) is 1.40. The van der Waals surface area contributed by atoms with E-state index in [1.54, 1.807) is 30.3 Å². The predicted molar refractivity (Wildman–Crippen MR) is 95.6 cm³/mol. The summed E-state index contributed by atoms with van der Waals surface area (Å²) in [5.74, 6) is -0.134. The van der Waals surface area contributed by atoms with Crippen molar-refractivity contribution in [1.82, 2.24) is 4.98 Å². The van der Waals surface area contributed by atoms with Gasteiger partial charge in [0.15, 0.2) is 5.78 Å². The van der Waals surface area contributed by atoms with Gasteiger partial charge in [-0.15, -0.1) is 11.3 Å². The molecule has 0 saturated carbocycles. The van der Waals surface area contributed by atoms with Crippen LogP contribution in [0.5, 0.6) is 0 Å². The minimum absolute atomic E-state index is 0.134. The van der Waals surface area contributed by atoms with Crippen LogP contribution < -0.4 is 5.73 Å². The van der Waals surface area contributed by atoms with Gasteiger partial charge in [0.05, 0.1) is 0 Å². The molecule has 0 fully saturated rings. The van der Waals surface area contributed by atoms with Crippen molar-refractivity contribution in [2.75, 3.05) is 5.73 Å². The van der Waals surface area contributed by atoms with Crippen LogP contribution >= 0.6 is 22.9 Å². The number of carbonyl (C=O) groups excluding carboxylic acids is 1. The summed E-state index contributed by atoms with van der Waals surface area (Å²) >= 11 is 7.17. The standard InChI is InChI=1S/C18H12ClN2OS/c19-14-7-5-13(6-8-14)18-21-11-17(23-18)16(22)9-4-12-2-1-3-15(20)10-12/h1-10H,20H2. The molecule has 0 spiro atoms. The van der Waals surface area contributed by atoms with Gasteiger partial charge in [-0.05, 0) is 35.9 Å². The normalized spacial score (nSPS) is 11.0.